The van der Waals surface area contributed by atoms with Gasteiger partial charge in [-0.2, -0.15) is 12.7 Å². The summed E-state index contributed by atoms with van der Waals surface area (Å²) in [6.07, 6.45) is 0.385. The lowest BCUT2D eigenvalue weighted by molar-refractivity contribution is -0.144. The summed E-state index contributed by atoms with van der Waals surface area (Å²) in [5.74, 6) is -1.10. The van der Waals surface area contributed by atoms with Crippen LogP contribution in [0.15, 0.2) is 0 Å². The first-order valence-electron chi connectivity index (χ1n) is 3.42. The topological polar surface area (TPSA) is 86.7 Å². The van der Waals surface area contributed by atoms with Crippen LogP contribution in [0.4, 0.5) is 0 Å². The highest BCUT2D eigenvalue weighted by molar-refractivity contribution is 7.87. The molecule has 0 amide bonds. The summed E-state index contributed by atoms with van der Waals surface area (Å²) in [6.45, 7) is 0.278. The Morgan fingerprint density at radius 3 is 2.50 bits per heavy atom. The summed E-state index contributed by atoms with van der Waals surface area (Å²) in [6, 6.07) is -0.887. The molecule has 1 saturated heterocycles. The molecular formula is C5H10N2O4S. The maximum Gasteiger partial charge on any atom is 0.322 e. The molecule has 7 heteroatoms. The molecule has 1 aliphatic rings. The highest BCUT2D eigenvalue weighted by Crippen LogP contribution is 2.20. The maximum atomic E-state index is 11.0. The second-order valence-corrected chi connectivity index (χ2v) is 4.29. The summed E-state index contributed by atoms with van der Waals surface area (Å²) in [5.41, 5.74) is 0. The highest BCUT2D eigenvalue weighted by Gasteiger charge is 2.41. The molecule has 1 rings (SSSR count). The minimum atomic E-state index is -3.55. The smallest absolute Gasteiger partial charge is 0.322 e. The minimum absolute atomic E-state index is 0.278. The van der Waals surface area contributed by atoms with Crippen molar-refractivity contribution in [2.24, 2.45) is 0 Å². The number of carboxylic acids is 1. The molecule has 0 aromatic rings. The van der Waals surface area contributed by atoms with Crippen LogP contribution in [0.1, 0.15) is 6.42 Å². The van der Waals surface area contributed by atoms with E-state index in [1.54, 1.807) is 0 Å². The van der Waals surface area contributed by atoms with Crippen LogP contribution in [-0.4, -0.2) is 43.4 Å². The Bertz CT molecular complexity index is 286. The number of hydrogen-bond donors (Lipinski definition) is 2. The second-order valence-electron chi connectivity index (χ2n) is 2.46. The molecule has 1 heterocycles. The van der Waals surface area contributed by atoms with E-state index in [9.17, 15) is 13.2 Å². The monoisotopic (exact) mass is 194 g/mol. The SMILES string of the molecule is CNS(=O)(=O)N1CCC1C(=O)O. The Labute approximate surface area is 70.4 Å². The zero-order chi connectivity index (χ0) is 9.35. The number of nitrogens with zero attached hydrogens (tertiary/aromatic N) is 1. The Balaban J connectivity index is 2.73. The van der Waals surface area contributed by atoms with E-state index >= 15 is 0 Å². The van der Waals surface area contributed by atoms with E-state index in [0.29, 0.717) is 6.42 Å². The first kappa shape index (κ1) is 9.43. The highest BCUT2D eigenvalue weighted by atomic mass is 32.2. The second kappa shape index (κ2) is 3.00. The molecule has 1 fully saturated rings. The van der Waals surface area contributed by atoms with Gasteiger partial charge in [0.25, 0.3) is 10.2 Å². The average molecular weight is 194 g/mol. The molecule has 70 valence electrons. The van der Waals surface area contributed by atoms with E-state index in [2.05, 4.69) is 4.72 Å². The van der Waals surface area contributed by atoms with Crippen LogP contribution in [0.3, 0.4) is 0 Å². The molecule has 1 unspecified atom stereocenters. The Hall–Kier alpha value is -0.660. The molecule has 0 aliphatic carbocycles. The van der Waals surface area contributed by atoms with Crippen LogP contribution in [-0.2, 0) is 15.0 Å². The Morgan fingerprint density at radius 2 is 2.25 bits per heavy atom. The van der Waals surface area contributed by atoms with Crippen LogP contribution in [0, 0.1) is 0 Å². The summed E-state index contributed by atoms with van der Waals surface area (Å²) < 4.78 is 25.1. The lowest BCUT2D eigenvalue weighted by Gasteiger charge is -2.35. The van der Waals surface area contributed by atoms with Gasteiger partial charge in [0.1, 0.15) is 6.04 Å². The first-order valence-corrected chi connectivity index (χ1v) is 4.86. The van der Waals surface area contributed by atoms with Crippen molar-refractivity contribution in [1.29, 1.82) is 0 Å². The number of carbonyl (C=O) groups is 1. The number of hydrogen-bond acceptors (Lipinski definition) is 3. The quantitative estimate of drug-likeness (QED) is 0.579. The van der Waals surface area contributed by atoms with Gasteiger partial charge in [-0.25, -0.2) is 4.72 Å². The summed E-state index contributed by atoms with van der Waals surface area (Å²) in [5, 5.41) is 8.53. The van der Waals surface area contributed by atoms with E-state index in [4.69, 9.17) is 5.11 Å². The molecule has 0 spiro atoms. The third kappa shape index (κ3) is 1.43. The van der Waals surface area contributed by atoms with Crippen LogP contribution >= 0.6 is 0 Å². The van der Waals surface area contributed by atoms with Crippen LogP contribution < -0.4 is 4.72 Å². The van der Waals surface area contributed by atoms with Gasteiger partial charge in [-0.05, 0) is 6.42 Å². The standard InChI is InChI=1S/C5H10N2O4S/c1-6-12(10,11)7-3-2-4(7)5(8)9/h4,6H,2-3H2,1H3,(H,8,9). The van der Waals surface area contributed by atoms with Crippen LogP contribution in [0.2, 0.25) is 0 Å². The lowest BCUT2D eigenvalue weighted by Crippen LogP contribution is -2.57. The zero-order valence-corrected chi connectivity index (χ0v) is 7.34. The summed E-state index contributed by atoms with van der Waals surface area (Å²) >= 11 is 0. The van der Waals surface area contributed by atoms with Crippen LogP contribution in [0.25, 0.3) is 0 Å². The third-order valence-electron chi connectivity index (χ3n) is 1.82. The third-order valence-corrected chi connectivity index (χ3v) is 3.39. The van der Waals surface area contributed by atoms with Gasteiger partial charge < -0.3 is 5.11 Å². The Kier molecular flexibility index (Phi) is 2.36. The zero-order valence-electron chi connectivity index (χ0n) is 6.52. The minimum Gasteiger partial charge on any atom is -0.480 e. The van der Waals surface area contributed by atoms with Gasteiger partial charge in [0.05, 0.1) is 0 Å². The fourth-order valence-electron chi connectivity index (χ4n) is 1.02. The van der Waals surface area contributed by atoms with Crippen molar-refractivity contribution >= 4 is 16.2 Å². The van der Waals surface area contributed by atoms with Gasteiger partial charge in [-0.1, -0.05) is 0 Å². The molecule has 12 heavy (non-hydrogen) atoms. The van der Waals surface area contributed by atoms with Crippen molar-refractivity contribution in [3.63, 3.8) is 0 Å². The van der Waals surface area contributed by atoms with Crippen molar-refractivity contribution < 1.29 is 18.3 Å². The predicted molar refractivity (Wildman–Crippen MR) is 40.7 cm³/mol. The van der Waals surface area contributed by atoms with Gasteiger partial charge in [0.15, 0.2) is 0 Å². The molecule has 1 aliphatic heterocycles. The summed E-state index contributed by atoms with van der Waals surface area (Å²) in [4.78, 5) is 10.4. The molecule has 2 N–H and O–H groups in total. The van der Waals surface area contributed by atoms with Gasteiger partial charge in [-0.15, -0.1) is 0 Å². The maximum absolute atomic E-state index is 11.0. The summed E-state index contributed by atoms with van der Waals surface area (Å²) in [7, 11) is -2.30. The van der Waals surface area contributed by atoms with Gasteiger partial charge >= 0.3 is 5.97 Å². The van der Waals surface area contributed by atoms with Crippen LogP contribution in [0.5, 0.6) is 0 Å². The number of rotatable bonds is 3. The molecule has 0 aromatic carbocycles. The van der Waals surface area contributed by atoms with Crippen molar-refractivity contribution in [2.45, 2.75) is 12.5 Å². The van der Waals surface area contributed by atoms with E-state index < -0.39 is 22.2 Å². The largest absolute Gasteiger partial charge is 0.480 e. The fraction of sp³-hybridized carbons (Fsp3) is 0.800. The molecule has 0 aromatic heterocycles. The number of nitrogens with one attached hydrogen (secondary N) is 1. The van der Waals surface area contributed by atoms with Crippen molar-refractivity contribution in [2.75, 3.05) is 13.6 Å². The van der Waals surface area contributed by atoms with E-state index in [-0.39, 0.29) is 6.54 Å². The number of carboxylic acid groups (broad SMARTS) is 1. The van der Waals surface area contributed by atoms with Gasteiger partial charge in [-0.3, -0.25) is 4.79 Å². The van der Waals surface area contributed by atoms with Crippen molar-refractivity contribution in [1.82, 2.24) is 9.03 Å². The molecular weight excluding hydrogens is 184 g/mol. The van der Waals surface area contributed by atoms with Crippen molar-refractivity contribution in [3.05, 3.63) is 0 Å². The predicted octanol–water partition coefficient (Wildman–Crippen LogP) is -1.39. The van der Waals surface area contributed by atoms with Crippen molar-refractivity contribution in [3.8, 4) is 0 Å². The molecule has 6 nitrogen and oxygen atoms in total. The van der Waals surface area contributed by atoms with Gasteiger partial charge in [0, 0.05) is 13.6 Å². The molecule has 1 atom stereocenters. The molecule has 0 bridgehead atoms. The van der Waals surface area contributed by atoms with E-state index in [1.807, 2.05) is 0 Å². The van der Waals surface area contributed by atoms with Gasteiger partial charge in [0.2, 0.25) is 0 Å². The average Bonchev–Trinajstić information content (AvgIpc) is 1.82. The van der Waals surface area contributed by atoms with E-state index in [0.717, 1.165) is 4.31 Å². The lowest BCUT2D eigenvalue weighted by atomic mass is 10.1. The van der Waals surface area contributed by atoms with E-state index in [1.165, 1.54) is 7.05 Å². The Morgan fingerprint density at radius 1 is 1.67 bits per heavy atom. The molecule has 0 saturated carbocycles. The normalized spacial score (nSPS) is 24.9. The first-order chi connectivity index (χ1) is 5.49. The fourth-order valence-corrected chi connectivity index (χ4v) is 2.13. The molecule has 0 radical (unpaired) electrons. The number of aliphatic carboxylic acids is 1.